The smallest absolute Gasteiger partial charge is 0.223 e. The Balaban J connectivity index is 0.00000132. The van der Waals surface area contributed by atoms with E-state index in [1.165, 1.54) is 10.4 Å². The number of rotatable bonds is 4. The molecule has 0 saturated heterocycles. The molecule has 0 bridgehead atoms. The van der Waals surface area contributed by atoms with Gasteiger partial charge in [-0.15, -0.1) is 36.2 Å². The Morgan fingerprint density at radius 3 is 3.00 bits per heavy atom. The number of carbonyl (C=O) groups excluding carboxylic acids is 1. The number of halogens is 2. The molecule has 23 heavy (non-hydrogen) atoms. The first-order valence-electron chi connectivity index (χ1n) is 8.03. The van der Waals surface area contributed by atoms with Crippen LogP contribution in [-0.2, 0) is 17.8 Å². The van der Waals surface area contributed by atoms with Crippen molar-refractivity contribution in [2.45, 2.75) is 44.7 Å². The van der Waals surface area contributed by atoms with E-state index in [-0.39, 0.29) is 42.7 Å². The topological polar surface area (TPSA) is 58.4 Å². The van der Waals surface area contributed by atoms with Crippen LogP contribution in [0.5, 0.6) is 0 Å². The van der Waals surface area contributed by atoms with Crippen LogP contribution in [0.4, 0.5) is 0 Å². The van der Waals surface area contributed by atoms with Crippen LogP contribution in [0.15, 0.2) is 11.4 Å². The summed E-state index contributed by atoms with van der Waals surface area (Å²) in [5.74, 6) is 0.344. The van der Waals surface area contributed by atoms with Gasteiger partial charge in [-0.1, -0.05) is 6.42 Å². The Bertz CT molecular complexity index is 497. The molecule has 4 nitrogen and oxygen atoms in total. The molecule has 132 valence electrons. The number of nitrogens with one attached hydrogen (secondary N) is 1. The first-order valence-corrected chi connectivity index (χ1v) is 8.91. The highest BCUT2D eigenvalue weighted by Crippen LogP contribution is 2.24. The van der Waals surface area contributed by atoms with Gasteiger partial charge in [0.15, 0.2) is 0 Å². The summed E-state index contributed by atoms with van der Waals surface area (Å²) in [7, 11) is 0. The second-order valence-electron chi connectivity index (χ2n) is 6.31. The molecule has 1 saturated carbocycles. The Labute approximate surface area is 155 Å². The normalized spacial score (nSPS) is 24.0. The van der Waals surface area contributed by atoms with Crippen molar-refractivity contribution in [3.8, 4) is 0 Å². The predicted molar refractivity (Wildman–Crippen MR) is 101 cm³/mol. The van der Waals surface area contributed by atoms with Crippen molar-refractivity contribution >= 4 is 42.1 Å². The summed E-state index contributed by atoms with van der Waals surface area (Å²) < 4.78 is 0. The van der Waals surface area contributed by atoms with E-state index in [1.54, 1.807) is 0 Å². The zero-order chi connectivity index (χ0) is 14.7. The molecular weight excluding hydrogens is 353 g/mol. The van der Waals surface area contributed by atoms with Crippen LogP contribution >= 0.6 is 36.2 Å². The molecule has 2 aliphatic rings. The van der Waals surface area contributed by atoms with Crippen LogP contribution < -0.4 is 11.1 Å². The van der Waals surface area contributed by atoms with Crippen LogP contribution in [0.3, 0.4) is 0 Å². The summed E-state index contributed by atoms with van der Waals surface area (Å²) in [6.45, 7) is 3.84. The standard InChI is InChI=1S/C16H25N3OS.2ClH/c17-14-3-1-2-12(10-14)16(20)18-6-8-19-7-4-15-13(11-19)5-9-21-15;;/h5,9,12,14H,1-4,6-8,10-11,17H2,(H,18,20);2*1H. The quantitative estimate of drug-likeness (QED) is 0.844. The second kappa shape index (κ2) is 9.84. The number of fused-ring (bicyclic) bond motifs is 1. The first kappa shape index (κ1) is 20.7. The van der Waals surface area contributed by atoms with Gasteiger partial charge in [0.05, 0.1) is 0 Å². The lowest BCUT2D eigenvalue weighted by molar-refractivity contribution is -0.126. The summed E-state index contributed by atoms with van der Waals surface area (Å²) in [5.41, 5.74) is 7.42. The molecule has 1 amide bonds. The fourth-order valence-corrected chi connectivity index (χ4v) is 4.33. The van der Waals surface area contributed by atoms with Crippen LogP contribution in [0, 0.1) is 5.92 Å². The van der Waals surface area contributed by atoms with Crippen LogP contribution in [0.2, 0.25) is 0 Å². The summed E-state index contributed by atoms with van der Waals surface area (Å²) in [5, 5.41) is 5.29. The number of nitrogens with two attached hydrogens (primary N) is 1. The minimum absolute atomic E-state index is 0. The van der Waals surface area contributed by atoms with E-state index in [9.17, 15) is 4.79 Å². The predicted octanol–water partition coefficient (Wildman–Crippen LogP) is 2.58. The highest BCUT2D eigenvalue weighted by atomic mass is 35.5. The van der Waals surface area contributed by atoms with E-state index >= 15 is 0 Å². The molecule has 2 atom stereocenters. The average molecular weight is 380 g/mol. The number of nitrogens with zero attached hydrogens (tertiary/aromatic N) is 1. The molecule has 2 unspecified atom stereocenters. The number of thiophene rings is 1. The maximum absolute atomic E-state index is 12.2. The van der Waals surface area contributed by atoms with Gasteiger partial charge in [-0.3, -0.25) is 9.69 Å². The SMILES string of the molecule is Cl.Cl.NC1CCCC(C(=O)NCCN2CCc3sccc3C2)C1. The lowest BCUT2D eigenvalue weighted by Gasteiger charge is -2.28. The van der Waals surface area contributed by atoms with E-state index in [0.29, 0.717) is 0 Å². The molecule has 1 aliphatic carbocycles. The van der Waals surface area contributed by atoms with Gasteiger partial charge in [0, 0.05) is 43.0 Å². The maximum Gasteiger partial charge on any atom is 0.223 e. The van der Waals surface area contributed by atoms with Crippen LogP contribution in [0.1, 0.15) is 36.1 Å². The van der Waals surface area contributed by atoms with E-state index in [2.05, 4.69) is 21.7 Å². The fraction of sp³-hybridized carbons (Fsp3) is 0.688. The number of carbonyl (C=O) groups is 1. The number of hydrogen-bond acceptors (Lipinski definition) is 4. The minimum atomic E-state index is 0. The van der Waals surface area contributed by atoms with Gasteiger partial charge in [0.25, 0.3) is 0 Å². The monoisotopic (exact) mass is 379 g/mol. The van der Waals surface area contributed by atoms with Crippen molar-refractivity contribution in [3.63, 3.8) is 0 Å². The molecule has 1 aromatic rings. The summed E-state index contributed by atoms with van der Waals surface area (Å²) >= 11 is 1.87. The van der Waals surface area contributed by atoms with E-state index in [0.717, 1.165) is 58.3 Å². The van der Waals surface area contributed by atoms with Gasteiger partial charge in [-0.25, -0.2) is 0 Å². The van der Waals surface area contributed by atoms with Crippen molar-refractivity contribution in [1.82, 2.24) is 10.2 Å². The van der Waals surface area contributed by atoms with Crippen molar-refractivity contribution in [1.29, 1.82) is 0 Å². The van der Waals surface area contributed by atoms with E-state index in [4.69, 9.17) is 5.73 Å². The second-order valence-corrected chi connectivity index (χ2v) is 7.31. The highest BCUT2D eigenvalue weighted by Gasteiger charge is 2.25. The van der Waals surface area contributed by atoms with Crippen molar-refractivity contribution in [2.75, 3.05) is 19.6 Å². The number of hydrogen-bond donors (Lipinski definition) is 2. The molecular formula is C16H27Cl2N3OS. The van der Waals surface area contributed by atoms with Crippen molar-refractivity contribution in [2.24, 2.45) is 11.7 Å². The molecule has 1 aromatic heterocycles. The third kappa shape index (κ3) is 5.61. The molecule has 7 heteroatoms. The lowest BCUT2D eigenvalue weighted by Crippen LogP contribution is -2.41. The summed E-state index contributed by atoms with van der Waals surface area (Å²) in [4.78, 5) is 16.1. The van der Waals surface area contributed by atoms with E-state index in [1.807, 2.05) is 11.3 Å². The molecule has 3 N–H and O–H groups in total. The Morgan fingerprint density at radius 2 is 2.22 bits per heavy atom. The van der Waals surface area contributed by atoms with Gasteiger partial charge in [0.1, 0.15) is 0 Å². The zero-order valence-corrected chi connectivity index (χ0v) is 15.8. The van der Waals surface area contributed by atoms with E-state index < -0.39 is 0 Å². The third-order valence-corrected chi connectivity index (χ3v) is 5.72. The van der Waals surface area contributed by atoms with Crippen LogP contribution in [0.25, 0.3) is 0 Å². The molecule has 2 heterocycles. The third-order valence-electron chi connectivity index (χ3n) is 4.70. The van der Waals surface area contributed by atoms with Crippen molar-refractivity contribution < 1.29 is 4.79 Å². The van der Waals surface area contributed by atoms with Crippen molar-refractivity contribution in [3.05, 3.63) is 21.9 Å². The molecule has 0 spiro atoms. The molecule has 1 fully saturated rings. The Kier molecular flexibility index (Phi) is 8.86. The first-order chi connectivity index (χ1) is 10.2. The number of amides is 1. The van der Waals surface area contributed by atoms with Gasteiger partial charge in [-0.2, -0.15) is 0 Å². The Morgan fingerprint density at radius 1 is 1.39 bits per heavy atom. The molecule has 0 aromatic carbocycles. The largest absolute Gasteiger partial charge is 0.355 e. The zero-order valence-electron chi connectivity index (χ0n) is 13.3. The molecule has 0 radical (unpaired) electrons. The average Bonchev–Trinajstić information content (AvgIpc) is 2.94. The van der Waals surface area contributed by atoms with Gasteiger partial charge in [0.2, 0.25) is 5.91 Å². The summed E-state index contributed by atoms with van der Waals surface area (Å²) in [6.07, 6.45) is 5.17. The summed E-state index contributed by atoms with van der Waals surface area (Å²) in [6, 6.07) is 2.45. The fourth-order valence-electron chi connectivity index (χ4n) is 3.45. The van der Waals surface area contributed by atoms with Crippen LogP contribution in [-0.4, -0.2) is 36.5 Å². The lowest BCUT2D eigenvalue weighted by atomic mass is 9.85. The minimum Gasteiger partial charge on any atom is -0.355 e. The molecule has 1 aliphatic heterocycles. The maximum atomic E-state index is 12.2. The van der Waals surface area contributed by atoms with Gasteiger partial charge >= 0.3 is 0 Å². The highest BCUT2D eigenvalue weighted by molar-refractivity contribution is 7.10. The van der Waals surface area contributed by atoms with Gasteiger partial charge < -0.3 is 11.1 Å². The molecule has 3 rings (SSSR count). The Hall–Kier alpha value is -0.330. The van der Waals surface area contributed by atoms with Gasteiger partial charge in [-0.05, 0) is 42.7 Å².